The number of aryl methyl sites for hydroxylation is 1. The summed E-state index contributed by atoms with van der Waals surface area (Å²) in [7, 11) is 0. The zero-order chi connectivity index (χ0) is 11.0. The van der Waals surface area contributed by atoms with Crippen molar-refractivity contribution in [2.75, 3.05) is 6.61 Å². The molecule has 1 aromatic carbocycles. The number of fused-ring (bicyclic) bond motifs is 1. The standard InChI is InChI=1S/C11H10N2O3/c1-7-12-11(16-13-7)10-6-14-8-4-2-3-5-9(8)15-10/h2-5,10H,6H2,1H3. The molecule has 0 spiro atoms. The van der Waals surface area contributed by atoms with Crippen molar-refractivity contribution in [1.82, 2.24) is 10.1 Å². The minimum atomic E-state index is -0.323. The molecule has 0 fully saturated rings. The van der Waals surface area contributed by atoms with E-state index in [1.165, 1.54) is 0 Å². The van der Waals surface area contributed by atoms with Gasteiger partial charge in [0, 0.05) is 0 Å². The highest BCUT2D eigenvalue weighted by atomic mass is 16.6. The van der Waals surface area contributed by atoms with Crippen molar-refractivity contribution < 1.29 is 14.0 Å². The average Bonchev–Trinajstić information content (AvgIpc) is 2.75. The lowest BCUT2D eigenvalue weighted by atomic mass is 10.2. The van der Waals surface area contributed by atoms with Crippen LogP contribution in [-0.4, -0.2) is 16.7 Å². The molecule has 16 heavy (non-hydrogen) atoms. The Kier molecular flexibility index (Phi) is 2.02. The maximum Gasteiger partial charge on any atom is 0.271 e. The molecule has 1 aliphatic rings. The lowest BCUT2D eigenvalue weighted by molar-refractivity contribution is 0.0665. The Labute approximate surface area is 92.0 Å². The number of hydrogen-bond donors (Lipinski definition) is 0. The van der Waals surface area contributed by atoms with Crippen molar-refractivity contribution in [3.05, 3.63) is 36.0 Å². The van der Waals surface area contributed by atoms with Crippen LogP contribution in [-0.2, 0) is 0 Å². The zero-order valence-electron chi connectivity index (χ0n) is 8.71. The molecule has 1 atom stereocenters. The molecule has 5 nitrogen and oxygen atoms in total. The molecular formula is C11H10N2O3. The van der Waals surface area contributed by atoms with Crippen molar-refractivity contribution in [2.45, 2.75) is 13.0 Å². The van der Waals surface area contributed by atoms with Crippen molar-refractivity contribution in [3.63, 3.8) is 0 Å². The topological polar surface area (TPSA) is 57.4 Å². The van der Waals surface area contributed by atoms with Gasteiger partial charge in [0.25, 0.3) is 5.89 Å². The fourth-order valence-electron chi connectivity index (χ4n) is 1.59. The fourth-order valence-corrected chi connectivity index (χ4v) is 1.59. The van der Waals surface area contributed by atoms with Gasteiger partial charge in [-0.05, 0) is 19.1 Å². The molecule has 0 N–H and O–H groups in total. The van der Waals surface area contributed by atoms with E-state index in [1.807, 2.05) is 24.3 Å². The highest BCUT2D eigenvalue weighted by molar-refractivity contribution is 5.40. The first-order valence-electron chi connectivity index (χ1n) is 5.01. The van der Waals surface area contributed by atoms with Crippen LogP contribution in [0.25, 0.3) is 0 Å². The third-order valence-electron chi connectivity index (χ3n) is 2.33. The highest BCUT2D eigenvalue weighted by Gasteiger charge is 2.26. The quantitative estimate of drug-likeness (QED) is 0.731. The van der Waals surface area contributed by atoms with Crippen molar-refractivity contribution in [3.8, 4) is 11.5 Å². The maximum absolute atomic E-state index is 5.71. The van der Waals surface area contributed by atoms with E-state index in [-0.39, 0.29) is 6.10 Å². The van der Waals surface area contributed by atoms with E-state index in [4.69, 9.17) is 14.0 Å². The Morgan fingerprint density at radius 2 is 2.06 bits per heavy atom. The lowest BCUT2D eigenvalue weighted by Crippen LogP contribution is -2.21. The monoisotopic (exact) mass is 218 g/mol. The SMILES string of the molecule is Cc1noc(C2COc3ccccc3O2)n1. The van der Waals surface area contributed by atoms with E-state index in [2.05, 4.69) is 10.1 Å². The molecule has 2 aromatic rings. The molecule has 5 heteroatoms. The molecule has 0 bridgehead atoms. The van der Waals surface area contributed by atoms with Gasteiger partial charge in [-0.2, -0.15) is 4.98 Å². The van der Waals surface area contributed by atoms with Gasteiger partial charge in [0.2, 0.25) is 6.10 Å². The van der Waals surface area contributed by atoms with Crippen molar-refractivity contribution in [1.29, 1.82) is 0 Å². The van der Waals surface area contributed by atoms with Crippen LogP contribution in [0.5, 0.6) is 11.5 Å². The summed E-state index contributed by atoms with van der Waals surface area (Å²) in [5.74, 6) is 2.49. The van der Waals surface area contributed by atoms with Crippen LogP contribution in [0, 0.1) is 6.92 Å². The van der Waals surface area contributed by atoms with Gasteiger partial charge in [0.1, 0.15) is 6.61 Å². The smallest absolute Gasteiger partial charge is 0.271 e. The summed E-state index contributed by atoms with van der Waals surface area (Å²) in [6.07, 6.45) is -0.323. The second-order valence-electron chi connectivity index (χ2n) is 3.54. The predicted molar refractivity (Wildman–Crippen MR) is 54.3 cm³/mol. The summed E-state index contributed by atoms with van der Waals surface area (Å²) in [6.45, 7) is 2.16. The van der Waals surface area contributed by atoms with Crippen LogP contribution >= 0.6 is 0 Å². The minimum Gasteiger partial charge on any atom is -0.485 e. The van der Waals surface area contributed by atoms with E-state index in [0.29, 0.717) is 24.1 Å². The second-order valence-corrected chi connectivity index (χ2v) is 3.54. The first-order valence-corrected chi connectivity index (χ1v) is 5.01. The van der Waals surface area contributed by atoms with E-state index >= 15 is 0 Å². The largest absolute Gasteiger partial charge is 0.485 e. The number of rotatable bonds is 1. The summed E-state index contributed by atoms with van der Waals surface area (Å²) in [5.41, 5.74) is 0. The summed E-state index contributed by atoms with van der Waals surface area (Å²) in [4.78, 5) is 4.12. The van der Waals surface area contributed by atoms with Gasteiger partial charge < -0.3 is 14.0 Å². The average molecular weight is 218 g/mol. The summed E-state index contributed by atoms with van der Waals surface area (Å²) >= 11 is 0. The Morgan fingerprint density at radius 1 is 1.25 bits per heavy atom. The lowest BCUT2D eigenvalue weighted by Gasteiger charge is -2.23. The Hall–Kier alpha value is -2.04. The predicted octanol–water partition coefficient (Wildman–Crippen LogP) is 1.89. The van der Waals surface area contributed by atoms with Gasteiger partial charge in [-0.15, -0.1) is 0 Å². The van der Waals surface area contributed by atoms with Crippen LogP contribution < -0.4 is 9.47 Å². The second kappa shape index (κ2) is 3.52. The number of ether oxygens (including phenoxy) is 2. The number of aromatic nitrogens is 2. The third-order valence-corrected chi connectivity index (χ3v) is 2.33. The molecule has 2 heterocycles. The molecule has 1 unspecified atom stereocenters. The molecule has 0 amide bonds. The van der Waals surface area contributed by atoms with Gasteiger partial charge in [-0.25, -0.2) is 0 Å². The molecule has 1 aliphatic heterocycles. The first kappa shape index (κ1) is 9.21. The summed E-state index contributed by atoms with van der Waals surface area (Å²) in [5, 5.41) is 3.73. The molecule has 0 aliphatic carbocycles. The molecule has 0 radical (unpaired) electrons. The molecule has 3 rings (SSSR count). The summed E-state index contributed by atoms with van der Waals surface area (Å²) < 4.78 is 16.3. The molecule has 1 aromatic heterocycles. The zero-order valence-corrected chi connectivity index (χ0v) is 8.71. The van der Waals surface area contributed by atoms with Crippen LogP contribution in [0.15, 0.2) is 28.8 Å². The van der Waals surface area contributed by atoms with Crippen LogP contribution in [0.4, 0.5) is 0 Å². The van der Waals surface area contributed by atoms with E-state index in [9.17, 15) is 0 Å². The third kappa shape index (κ3) is 1.50. The number of nitrogens with zero attached hydrogens (tertiary/aromatic N) is 2. The van der Waals surface area contributed by atoms with Crippen LogP contribution in [0.3, 0.4) is 0 Å². The van der Waals surface area contributed by atoms with E-state index in [0.717, 1.165) is 5.75 Å². The van der Waals surface area contributed by atoms with Gasteiger partial charge in [0.05, 0.1) is 0 Å². The van der Waals surface area contributed by atoms with Gasteiger partial charge in [-0.3, -0.25) is 0 Å². The first-order chi connectivity index (χ1) is 7.83. The normalized spacial score (nSPS) is 18.4. The summed E-state index contributed by atoms with van der Waals surface area (Å²) in [6, 6.07) is 7.51. The Morgan fingerprint density at radius 3 is 2.81 bits per heavy atom. The molecular weight excluding hydrogens is 208 g/mol. The number of benzene rings is 1. The number of para-hydroxylation sites is 2. The fraction of sp³-hybridized carbons (Fsp3) is 0.273. The molecule has 0 saturated carbocycles. The Balaban J connectivity index is 1.88. The highest BCUT2D eigenvalue weighted by Crippen LogP contribution is 2.35. The van der Waals surface area contributed by atoms with Crippen LogP contribution in [0.2, 0.25) is 0 Å². The molecule has 0 saturated heterocycles. The van der Waals surface area contributed by atoms with E-state index in [1.54, 1.807) is 6.92 Å². The van der Waals surface area contributed by atoms with Crippen molar-refractivity contribution in [2.24, 2.45) is 0 Å². The molecule has 82 valence electrons. The Bertz CT molecular complexity index is 509. The maximum atomic E-state index is 5.71. The number of hydrogen-bond acceptors (Lipinski definition) is 5. The minimum absolute atomic E-state index is 0.323. The van der Waals surface area contributed by atoms with E-state index < -0.39 is 0 Å². The van der Waals surface area contributed by atoms with Gasteiger partial charge in [-0.1, -0.05) is 17.3 Å². The van der Waals surface area contributed by atoms with Gasteiger partial charge in [0.15, 0.2) is 17.3 Å². The van der Waals surface area contributed by atoms with Crippen LogP contribution in [0.1, 0.15) is 17.8 Å². The van der Waals surface area contributed by atoms with Gasteiger partial charge >= 0.3 is 0 Å². The van der Waals surface area contributed by atoms with Crippen molar-refractivity contribution >= 4 is 0 Å².